The molecule has 1 aromatic heterocycles. The van der Waals surface area contributed by atoms with E-state index in [2.05, 4.69) is 15.6 Å². The number of aromatic nitrogens is 1. The van der Waals surface area contributed by atoms with Crippen LogP contribution >= 0.6 is 0 Å². The highest BCUT2D eigenvalue weighted by molar-refractivity contribution is 5.97. The molecule has 3 rings (SSSR count). The molecule has 22 heavy (non-hydrogen) atoms. The van der Waals surface area contributed by atoms with Crippen LogP contribution in [0.15, 0.2) is 67.0 Å². The molecule has 0 spiro atoms. The molecule has 110 valence electrons. The molecule has 0 unspecified atom stereocenters. The second-order valence-corrected chi connectivity index (χ2v) is 5.06. The molecule has 0 aliphatic carbocycles. The van der Waals surface area contributed by atoms with E-state index in [0.29, 0.717) is 0 Å². The van der Waals surface area contributed by atoms with E-state index < -0.39 is 0 Å². The number of amides is 1. The fourth-order valence-corrected chi connectivity index (χ4v) is 2.47. The molecule has 0 aliphatic rings. The van der Waals surface area contributed by atoms with Crippen molar-refractivity contribution in [2.24, 2.45) is 0 Å². The standard InChI is InChI=1S/C18H17N3O/c1-19-17(13-5-3-2-4-6-13)18(22)21-16-8-7-15-12-20-10-9-14(15)11-16/h2-12,17,19H,1H3,(H,21,22)/t17-/m1/s1. The van der Waals surface area contributed by atoms with Gasteiger partial charge in [0.2, 0.25) is 5.91 Å². The topological polar surface area (TPSA) is 54.0 Å². The third-order valence-electron chi connectivity index (χ3n) is 3.59. The SMILES string of the molecule is CN[C@@H](C(=O)Nc1ccc2cnccc2c1)c1ccccc1. The summed E-state index contributed by atoms with van der Waals surface area (Å²) < 4.78 is 0. The Balaban J connectivity index is 1.82. The van der Waals surface area contributed by atoms with Crippen LogP contribution in [0, 0.1) is 0 Å². The van der Waals surface area contributed by atoms with Gasteiger partial charge in [-0.2, -0.15) is 0 Å². The van der Waals surface area contributed by atoms with E-state index in [1.165, 1.54) is 0 Å². The van der Waals surface area contributed by atoms with E-state index in [1.54, 1.807) is 19.4 Å². The van der Waals surface area contributed by atoms with Crippen molar-refractivity contribution < 1.29 is 4.79 Å². The van der Waals surface area contributed by atoms with Crippen molar-refractivity contribution in [3.8, 4) is 0 Å². The van der Waals surface area contributed by atoms with Gasteiger partial charge in [-0.05, 0) is 36.2 Å². The van der Waals surface area contributed by atoms with Crippen LogP contribution in [0.25, 0.3) is 10.8 Å². The number of hydrogen-bond acceptors (Lipinski definition) is 3. The highest BCUT2D eigenvalue weighted by Gasteiger charge is 2.18. The first-order valence-corrected chi connectivity index (χ1v) is 7.15. The number of likely N-dealkylation sites (N-methyl/N-ethyl adjacent to an activating group) is 1. The summed E-state index contributed by atoms with van der Waals surface area (Å²) in [6.07, 6.45) is 3.55. The Labute approximate surface area is 129 Å². The number of nitrogens with zero attached hydrogens (tertiary/aromatic N) is 1. The number of benzene rings is 2. The van der Waals surface area contributed by atoms with Gasteiger partial charge in [-0.25, -0.2) is 0 Å². The lowest BCUT2D eigenvalue weighted by Gasteiger charge is -2.16. The lowest BCUT2D eigenvalue weighted by molar-refractivity contribution is -0.118. The Hall–Kier alpha value is -2.72. The van der Waals surface area contributed by atoms with Crippen molar-refractivity contribution in [3.05, 3.63) is 72.6 Å². The number of carbonyl (C=O) groups excluding carboxylic acids is 1. The van der Waals surface area contributed by atoms with Crippen LogP contribution in [0.4, 0.5) is 5.69 Å². The van der Waals surface area contributed by atoms with Crippen molar-refractivity contribution in [2.45, 2.75) is 6.04 Å². The predicted molar refractivity (Wildman–Crippen MR) is 88.6 cm³/mol. The van der Waals surface area contributed by atoms with Crippen LogP contribution in [0.1, 0.15) is 11.6 Å². The van der Waals surface area contributed by atoms with Gasteiger partial charge < -0.3 is 10.6 Å². The number of fused-ring (bicyclic) bond motifs is 1. The van der Waals surface area contributed by atoms with Gasteiger partial charge in [-0.15, -0.1) is 0 Å². The molecule has 2 aromatic carbocycles. The van der Waals surface area contributed by atoms with E-state index in [4.69, 9.17) is 0 Å². The minimum Gasteiger partial charge on any atom is -0.324 e. The Morgan fingerprint density at radius 1 is 1.05 bits per heavy atom. The zero-order valence-electron chi connectivity index (χ0n) is 12.3. The molecular formula is C18H17N3O. The van der Waals surface area contributed by atoms with Gasteiger partial charge in [-0.3, -0.25) is 9.78 Å². The van der Waals surface area contributed by atoms with Gasteiger partial charge >= 0.3 is 0 Å². The lowest BCUT2D eigenvalue weighted by Crippen LogP contribution is -2.30. The Kier molecular flexibility index (Phi) is 4.12. The zero-order chi connectivity index (χ0) is 15.4. The average molecular weight is 291 g/mol. The summed E-state index contributed by atoms with van der Waals surface area (Å²) in [6.45, 7) is 0. The largest absolute Gasteiger partial charge is 0.324 e. The van der Waals surface area contributed by atoms with E-state index in [0.717, 1.165) is 22.0 Å². The van der Waals surface area contributed by atoms with Gasteiger partial charge in [0.25, 0.3) is 0 Å². The molecule has 0 fully saturated rings. The molecule has 0 aliphatic heterocycles. The molecule has 1 amide bonds. The van der Waals surface area contributed by atoms with Gasteiger partial charge in [0.05, 0.1) is 0 Å². The van der Waals surface area contributed by atoms with Gasteiger partial charge in [0, 0.05) is 23.5 Å². The first-order chi connectivity index (χ1) is 10.8. The average Bonchev–Trinajstić information content (AvgIpc) is 2.56. The molecule has 0 saturated carbocycles. The van der Waals surface area contributed by atoms with Crippen molar-refractivity contribution in [2.75, 3.05) is 12.4 Å². The third kappa shape index (κ3) is 2.97. The van der Waals surface area contributed by atoms with Crippen molar-refractivity contribution in [1.29, 1.82) is 0 Å². The van der Waals surface area contributed by atoms with Crippen molar-refractivity contribution in [3.63, 3.8) is 0 Å². The number of carbonyl (C=O) groups is 1. The van der Waals surface area contributed by atoms with Gasteiger partial charge in [-0.1, -0.05) is 36.4 Å². The third-order valence-corrected chi connectivity index (χ3v) is 3.59. The first-order valence-electron chi connectivity index (χ1n) is 7.15. The fourth-order valence-electron chi connectivity index (χ4n) is 2.47. The Bertz CT molecular complexity index is 786. The molecule has 3 aromatic rings. The number of rotatable bonds is 4. The van der Waals surface area contributed by atoms with Crippen LogP contribution < -0.4 is 10.6 Å². The minimum atomic E-state index is -0.380. The highest BCUT2D eigenvalue weighted by atomic mass is 16.2. The zero-order valence-corrected chi connectivity index (χ0v) is 12.3. The first kappa shape index (κ1) is 14.2. The molecule has 1 atom stereocenters. The van der Waals surface area contributed by atoms with Crippen molar-refractivity contribution >= 4 is 22.4 Å². The summed E-state index contributed by atoms with van der Waals surface area (Å²) in [7, 11) is 1.78. The molecular weight excluding hydrogens is 274 g/mol. The highest BCUT2D eigenvalue weighted by Crippen LogP contribution is 2.20. The maximum Gasteiger partial charge on any atom is 0.246 e. The second kappa shape index (κ2) is 6.37. The Morgan fingerprint density at radius 3 is 2.64 bits per heavy atom. The summed E-state index contributed by atoms with van der Waals surface area (Å²) in [5.41, 5.74) is 1.72. The summed E-state index contributed by atoms with van der Waals surface area (Å²) in [5, 5.41) is 8.11. The van der Waals surface area contributed by atoms with Crippen LogP contribution in [0.5, 0.6) is 0 Å². The lowest BCUT2D eigenvalue weighted by atomic mass is 10.1. The molecule has 0 saturated heterocycles. The van der Waals surface area contributed by atoms with Gasteiger partial charge in [0.1, 0.15) is 6.04 Å². The molecule has 2 N–H and O–H groups in total. The quantitative estimate of drug-likeness (QED) is 0.776. The van der Waals surface area contributed by atoms with E-state index in [1.807, 2.05) is 54.6 Å². The van der Waals surface area contributed by atoms with E-state index >= 15 is 0 Å². The summed E-state index contributed by atoms with van der Waals surface area (Å²) >= 11 is 0. The summed E-state index contributed by atoms with van der Waals surface area (Å²) in [6, 6.07) is 17.0. The van der Waals surface area contributed by atoms with Gasteiger partial charge in [0.15, 0.2) is 0 Å². The molecule has 1 heterocycles. The number of pyridine rings is 1. The Morgan fingerprint density at radius 2 is 1.86 bits per heavy atom. The summed E-state index contributed by atoms with van der Waals surface area (Å²) in [4.78, 5) is 16.6. The molecule has 0 radical (unpaired) electrons. The number of anilines is 1. The van der Waals surface area contributed by atoms with E-state index in [9.17, 15) is 4.79 Å². The smallest absolute Gasteiger partial charge is 0.246 e. The van der Waals surface area contributed by atoms with Crippen LogP contribution in [0.3, 0.4) is 0 Å². The maximum atomic E-state index is 12.5. The van der Waals surface area contributed by atoms with Crippen LogP contribution in [-0.2, 0) is 4.79 Å². The fraction of sp³-hybridized carbons (Fsp3) is 0.111. The maximum absolute atomic E-state index is 12.5. The monoisotopic (exact) mass is 291 g/mol. The van der Waals surface area contributed by atoms with Crippen LogP contribution in [-0.4, -0.2) is 17.9 Å². The minimum absolute atomic E-state index is 0.0814. The molecule has 4 nitrogen and oxygen atoms in total. The predicted octanol–water partition coefficient (Wildman–Crippen LogP) is 3.13. The normalized spacial score (nSPS) is 12.0. The summed E-state index contributed by atoms with van der Waals surface area (Å²) in [5.74, 6) is -0.0814. The number of hydrogen-bond donors (Lipinski definition) is 2. The second-order valence-electron chi connectivity index (χ2n) is 5.06. The molecule has 4 heteroatoms. The van der Waals surface area contributed by atoms with E-state index in [-0.39, 0.29) is 11.9 Å². The molecule has 0 bridgehead atoms. The van der Waals surface area contributed by atoms with Crippen LogP contribution in [0.2, 0.25) is 0 Å². The van der Waals surface area contributed by atoms with Crippen molar-refractivity contribution in [1.82, 2.24) is 10.3 Å². The number of nitrogens with one attached hydrogen (secondary N) is 2.